The summed E-state index contributed by atoms with van der Waals surface area (Å²) in [4.78, 5) is 22.2. The number of hydrogen-bond acceptors (Lipinski definition) is 3. The molecule has 5 nitrogen and oxygen atoms in total. The van der Waals surface area contributed by atoms with Crippen molar-refractivity contribution in [3.8, 4) is 0 Å². The molecular weight excluding hydrogens is 401 g/mol. The first-order valence-electron chi connectivity index (χ1n) is 4.70. The molecule has 0 aliphatic carbocycles. The second kappa shape index (κ2) is 6.31. The molecule has 1 atom stereocenters. The number of nitrogens with one attached hydrogen (secondary N) is 1. The number of carbonyl (C=O) groups is 2. The van der Waals surface area contributed by atoms with Crippen LogP contribution in [-0.2, 0) is 9.59 Å². The molecule has 1 aromatic carbocycles. The highest BCUT2D eigenvalue weighted by Crippen LogP contribution is 2.22. The van der Waals surface area contributed by atoms with Crippen LogP contribution < -0.4 is 16.8 Å². The third-order valence-corrected chi connectivity index (χ3v) is 4.27. The van der Waals surface area contributed by atoms with Crippen molar-refractivity contribution >= 4 is 56.0 Å². The SMILES string of the molecule is NC(=O)CC(N)C(=O)Nc1ccc(Br)c(I)c1. The summed E-state index contributed by atoms with van der Waals surface area (Å²) >= 11 is 5.48. The number of anilines is 1. The first-order chi connectivity index (χ1) is 7.90. The van der Waals surface area contributed by atoms with Crippen molar-refractivity contribution < 1.29 is 9.59 Å². The zero-order chi connectivity index (χ0) is 13.0. The predicted molar refractivity (Wildman–Crippen MR) is 77.3 cm³/mol. The van der Waals surface area contributed by atoms with Gasteiger partial charge in [0.25, 0.3) is 0 Å². The molecule has 92 valence electrons. The zero-order valence-corrected chi connectivity index (χ0v) is 12.5. The van der Waals surface area contributed by atoms with Gasteiger partial charge in [0.2, 0.25) is 11.8 Å². The Labute approximate surface area is 121 Å². The second-order valence-corrected chi connectivity index (χ2v) is 5.41. The molecule has 0 saturated heterocycles. The fourth-order valence-corrected chi connectivity index (χ4v) is 1.88. The molecule has 1 rings (SSSR count). The minimum atomic E-state index is -0.922. The molecule has 2 amide bonds. The van der Waals surface area contributed by atoms with Crippen LogP contribution in [0.15, 0.2) is 22.7 Å². The smallest absolute Gasteiger partial charge is 0.241 e. The van der Waals surface area contributed by atoms with E-state index in [0.717, 1.165) is 8.04 Å². The monoisotopic (exact) mass is 411 g/mol. The van der Waals surface area contributed by atoms with Gasteiger partial charge in [-0.1, -0.05) is 0 Å². The Bertz CT molecular complexity index is 453. The van der Waals surface area contributed by atoms with E-state index in [0.29, 0.717) is 5.69 Å². The van der Waals surface area contributed by atoms with Crippen molar-refractivity contribution in [2.75, 3.05) is 5.32 Å². The fourth-order valence-electron chi connectivity index (χ4n) is 1.12. The third-order valence-electron chi connectivity index (χ3n) is 1.95. The first-order valence-corrected chi connectivity index (χ1v) is 6.57. The number of primary amides is 1. The zero-order valence-electron chi connectivity index (χ0n) is 8.74. The normalized spacial score (nSPS) is 11.9. The summed E-state index contributed by atoms with van der Waals surface area (Å²) in [7, 11) is 0. The Hall–Kier alpha value is -0.670. The minimum absolute atomic E-state index is 0.167. The number of nitrogens with two attached hydrogens (primary N) is 2. The van der Waals surface area contributed by atoms with E-state index in [-0.39, 0.29) is 6.42 Å². The van der Waals surface area contributed by atoms with Gasteiger partial charge in [-0.3, -0.25) is 9.59 Å². The lowest BCUT2D eigenvalue weighted by Gasteiger charge is -2.11. The largest absolute Gasteiger partial charge is 0.370 e. The molecule has 0 aliphatic heterocycles. The summed E-state index contributed by atoms with van der Waals surface area (Å²) in [5, 5.41) is 2.62. The van der Waals surface area contributed by atoms with Crippen molar-refractivity contribution in [1.29, 1.82) is 0 Å². The van der Waals surface area contributed by atoms with Crippen LogP contribution in [0.1, 0.15) is 6.42 Å². The summed E-state index contributed by atoms with van der Waals surface area (Å²) < 4.78 is 1.90. The van der Waals surface area contributed by atoms with Crippen molar-refractivity contribution in [3.63, 3.8) is 0 Å². The molecule has 0 saturated carbocycles. The van der Waals surface area contributed by atoms with Gasteiger partial charge in [-0.15, -0.1) is 0 Å². The average Bonchev–Trinajstić information content (AvgIpc) is 2.22. The molecule has 0 fully saturated rings. The van der Waals surface area contributed by atoms with E-state index < -0.39 is 17.9 Å². The molecule has 7 heteroatoms. The highest BCUT2D eigenvalue weighted by Gasteiger charge is 2.16. The van der Waals surface area contributed by atoms with Gasteiger partial charge in [0.1, 0.15) is 0 Å². The van der Waals surface area contributed by atoms with Gasteiger partial charge < -0.3 is 16.8 Å². The quantitative estimate of drug-likeness (QED) is 0.649. The molecule has 0 spiro atoms. The molecule has 17 heavy (non-hydrogen) atoms. The summed E-state index contributed by atoms with van der Waals surface area (Å²) in [6.07, 6.45) is -0.167. The number of benzene rings is 1. The topological polar surface area (TPSA) is 98.2 Å². The van der Waals surface area contributed by atoms with E-state index >= 15 is 0 Å². The van der Waals surface area contributed by atoms with E-state index in [9.17, 15) is 9.59 Å². The van der Waals surface area contributed by atoms with Crippen molar-refractivity contribution in [2.45, 2.75) is 12.5 Å². The molecule has 0 heterocycles. The van der Waals surface area contributed by atoms with E-state index in [1.807, 2.05) is 6.07 Å². The van der Waals surface area contributed by atoms with Gasteiger partial charge in [-0.2, -0.15) is 0 Å². The van der Waals surface area contributed by atoms with Gasteiger partial charge in [-0.05, 0) is 56.7 Å². The molecule has 0 bridgehead atoms. The molecule has 1 unspecified atom stereocenters. The summed E-state index contributed by atoms with van der Waals surface area (Å²) in [6, 6.07) is 4.42. The Balaban J connectivity index is 2.67. The van der Waals surface area contributed by atoms with Crippen LogP contribution in [0.25, 0.3) is 0 Å². The van der Waals surface area contributed by atoms with Crippen LogP contribution in [0.2, 0.25) is 0 Å². The van der Waals surface area contributed by atoms with Gasteiger partial charge in [0.15, 0.2) is 0 Å². The van der Waals surface area contributed by atoms with Crippen LogP contribution in [0, 0.1) is 3.57 Å². The predicted octanol–water partition coefficient (Wildman–Crippen LogP) is 1.19. The maximum Gasteiger partial charge on any atom is 0.241 e. The third kappa shape index (κ3) is 4.60. The van der Waals surface area contributed by atoms with E-state index in [1.54, 1.807) is 12.1 Å². The number of carbonyl (C=O) groups excluding carboxylic acids is 2. The summed E-state index contributed by atoms with van der Waals surface area (Å²) in [5.74, 6) is -1.03. The lowest BCUT2D eigenvalue weighted by atomic mass is 10.2. The Morgan fingerprint density at radius 2 is 2.12 bits per heavy atom. The molecule has 0 aliphatic rings. The van der Waals surface area contributed by atoms with E-state index in [2.05, 4.69) is 43.8 Å². The highest BCUT2D eigenvalue weighted by atomic mass is 127. The molecule has 1 aromatic rings. The van der Waals surface area contributed by atoms with Gasteiger partial charge in [0.05, 0.1) is 12.5 Å². The van der Waals surface area contributed by atoms with Crippen LogP contribution in [-0.4, -0.2) is 17.9 Å². The lowest BCUT2D eigenvalue weighted by Crippen LogP contribution is -2.39. The van der Waals surface area contributed by atoms with Crippen LogP contribution >= 0.6 is 38.5 Å². The van der Waals surface area contributed by atoms with Gasteiger partial charge in [0, 0.05) is 13.7 Å². The average molecular weight is 412 g/mol. The standard InChI is InChI=1S/C10H11BrIN3O2/c11-6-2-1-5(3-7(6)12)15-10(17)8(13)4-9(14)16/h1-3,8H,4,13H2,(H2,14,16)(H,15,17). The van der Waals surface area contributed by atoms with Crippen molar-refractivity contribution in [1.82, 2.24) is 0 Å². The van der Waals surface area contributed by atoms with Gasteiger partial charge in [-0.25, -0.2) is 0 Å². The van der Waals surface area contributed by atoms with Crippen LogP contribution in [0.3, 0.4) is 0 Å². The number of rotatable bonds is 4. The Kier molecular flexibility index (Phi) is 5.34. The summed E-state index contributed by atoms with van der Waals surface area (Å²) in [5.41, 5.74) is 11.1. The Morgan fingerprint density at radius 1 is 1.47 bits per heavy atom. The van der Waals surface area contributed by atoms with Crippen LogP contribution in [0.5, 0.6) is 0 Å². The van der Waals surface area contributed by atoms with Crippen LogP contribution in [0.4, 0.5) is 5.69 Å². The minimum Gasteiger partial charge on any atom is -0.370 e. The highest BCUT2D eigenvalue weighted by molar-refractivity contribution is 14.1. The lowest BCUT2D eigenvalue weighted by molar-refractivity contribution is -0.123. The maximum absolute atomic E-state index is 11.6. The van der Waals surface area contributed by atoms with E-state index in [1.165, 1.54) is 0 Å². The number of halogens is 2. The fraction of sp³-hybridized carbons (Fsp3) is 0.200. The van der Waals surface area contributed by atoms with E-state index in [4.69, 9.17) is 11.5 Å². The summed E-state index contributed by atoms with van der Waals surface area (Å²) in [6.45, 7) is 0. The Morgan fingerprint density at radius 3 is 2.65 bits per heavy atom. The van der Waals surface area contributed by atoms with Crippen molar-refractivity contribution in [2.24, 2.45) is 11.5 Å². The number of hydrogen-bond donors (Lipinski definition) is 3. The first kappa shape index (κ1) is 14.4. The molecule has 5 N–H and O–H groups in total. The molecular formula is C10H11BrIN3O2. The molecule has 0 aromatic heterocycles. The second-order valence-electron chi connectivity index (χ2n) is 3.40. The maximum atomic E-state index is 11.6. The molecule has 0 radical (unpaired) electrons. The van der Waals surface area contributed by atoms with Crippen molar-refractivity contribution in [3.05, 3.63) is 26.2 Å². The van der Waals surface area contributed by atoms with Gasteiger partial charge >= 0.3 is 0 Å². The number of amides is 2.